The molecule has 0 aromatic carbocycles. The van der Waals surface area contributed by atoms with E-state index in [1.165, 1.54) is 0 Å². The van der Waals surface area contributed by atoms with Crippen LogP contribution in [0, 0.1) is 13.8 Å². The maximum atomic E-state index is 12.3. The van der Waals surface area contributed by atoms with Crippen LogP contribution in [-0.2, 0) is 11.2 Å². The molecule has 7 nitrogen and oxygen atoms in total. The first kappa shape index (κ1) is 15.7. The standard InChI is InChI=1S/C16H23N5O2/c1-11-14(12(2)23-19-11)10-16(22)18-15-4-7-17-21(15)13-5-8-20(3)9-6-13/h4,7,13H,5-6,8-10H2,1-3H3,(H,18,22). The summed E-state index contributed by atoms with van der Waals surface area (Å²) in [6, 6.07) is 2.19. The second-order valence-electron chi connectivity index (χ2n) is 6.22. The molecular formula is C16H23N5O2. The summed E-state index contributed by atoms with van der Waals surface area (Å²) in [6.07, 6.45) is 4.10. The molecule has 0 saturated carbocycles. The first-order chi connectivity index (χ1) is 11.0. The zero-order valence-electron chi connectivity index (χ0n) is 13.9. The molecule has 124 valence electrons. The number of amides is 1. The fraction of sp³-hybridized carbons (Fsp3) is 0.562. The second kappa shape index (κ2) is 6.54. The van der Waals surface area contributed by atoms with Gasteiger partial charge < -0.3 is 14.7 Å². The molecule has 0 radical (unpaired) electrons. The highest BCUT2D eigenvalue weighted by atomic mass is 16.5. The van der Waals surface area contributed by atoms with Crippen LogP contribution >= 0.6 is 0 Å². The smallest absolute Gasteiger partial charge is 0.230 e. The van der Waals surface area contributed by atoms with Gasteiger partial charge >= 0.3 is 0 Å². The van der Waals surface area contributed by atoms with Crippen molar-refractivity contribution in [2.75, 3.05) is 25.5 Å². The van der Waals surface area contributed by atoms with E-state index in [0.717, 1.165) is 43.0 Å². The van der Waals surface area contributed by atoms with Crippen LogP contribution in [0.3, 0.4) is 0 Å². The number of nitrogens with zero attached hydrogens (tertiary/aromatic N) is 4. The Morgan fingerprint density at radius 3 is 2.78 bits per heavy atom. The Labute approximate surface area is 135 Å². The number of aromatic nitrogens is 3. The summed E-state index contributed by atoms with van der Waals surface area (Å²) in [6.45, 7) is 5.78. The minimum Gasteiger partial charge on any atom is -0.361 e. The Morgan fingerprint density at radius 1 is 1.39 bits per heavy atom. The SMILES string of the molecule is Cc1noc(C)c1CC(=O)Nc1ccnn1C1CCN(C)CC1. The molecule has 23 heavy (non-hydrogen) atoms. The van der Waals surface area contributed by atoms with Gasteiger partial charge in [-0.1, -0.05) is 5.16 Å². The molecule has 1 saturated heterocycles. The molecule has 0 unspecified atom stereocenters. The lowest BCUT2D eigenvalue weighted by Gasteiger charge is -2.30. The van der Waals surface area contributed by atoms with Gasteiger partial charge in [-0.3, -0.25) is 4.79 Å². The van der Waals surface area contributed by atoms with Gasteiger partial charge in [0.25, 0.3) is 0 Å². The Morgan fingerprint density at radius 2 is 2.13 bits per heavy atom. The number of likely N-dealkylation sites (tertiary alicyclic amines) is 1. The van der Waals surface area contributed by atoms with Crippen molar-refractivity contribution >= 4 is 11.7 Å². The van der Waals surface area contributed by atoms with Crippen LogP contribution in [0.5, 0.6) is 0 Å². The van der Waals surface area contributed by atoms with E-state index in [0.29, 0.717) is 11.8 Å². The monoisotopic (exact) mass is 317 g/mol. The topological polar surface area (TPSA) is 76.2 Å². The molecule has 3 heterocycles. The van der Waals surface area contributed by atoms with E-state index >= 15 is 0 Å². The van der Waals surface area contributed by atoms with E-state index in [-0.39, 0.29) is 12.3 Å². The first-order valence-electron chi connectivity index (χ1n) is 7.98. The lowest BCUT2D eigenvalue weighted by atomic mass is 10.1. The highest BCUT2D eigenvalue weighted by molar-refractivity contribution is 5.91. The third kappa shape index (κ3) is 3.44. The van der Waals surface area contributed by atoms with Crippen LogP contribution in [0.4, 0.5) is 5.82 Å². The highest BCUT2D eigenvalue weighted by Gasteiger charge is 2.22. The van der Waals surface area contributed by atoms with E-state index in [4.69, 9.17) is 4.52 Å². The number of piperidine rings is 1. The lowest BCUT2D eigenvalue weighted by Crippen LogP contribution is -2.32. The van der Waals surface area contributed by atoms with Crippen LogP contribution < -0.4 is 5.32 Å². The van der Waals surface area contributed by atoms with Crippen molar-refractivity contribution in [3.63, 3.8) is 0 Å². The molecule has 2 aromatic heterocycles. The predicted octanol–water partition coefficient (Wildman–Crippen LogP) is 1.94. The Bertz CT molecular complexity index is 663. The number of hydrogen-bond acceptors (Lipinski definition) is 5. The van der Waals surface area contributed by atoms with Crippen LogP contribution in [0.2, 0.25) is 0 Å². The lowest BCUT2D eigenvalue weighted by molar-refractivity contribution is -0.115. The van der Waals surface area contributed by atoms with Gasteiger partial charge in [0.05, 0.1) is 24.4 Å². The third-order valence-corrected chi connectivity index (χ3v) is 4.49. The van der Waals surface area contributed by atoms with E-state index < -0.39 is 0 Å². The van der Waals surface area contributed by atoms with Crippen molar-refractivity contribution in [2.24, 2.45) is 0 Å². The van der Waals surface area contributed by atoms with Crippen LogP contribution in [0.1, 0.15) is 35.9 Å². The normalized spacial score (nSPS) is 16.7. The molecule has 3 rings (SSSR count). The van der Waals surface area contributed by atoms with Crippen molar-refractivity contribution in [3.05, 3.63) is 29.3 Å². The van der Waals surface area contributed by atoms with Crippen LogP contribution in [0.25, 0.3) is 0 Å². The predicted molar refractivity (Wildman–Crippen MR) is 86.3 cm³/mol. The van der Waals surface area contributed by atoms with Gasteiger partial charge in [0.15, 0.2) is 0 Å². The summed E-state index contributed by atoms with van der Waals surface area (Å²) < 4.78 is 7.05. The second-order valence-corrected chi connectivity index (χ2v) is 6.22. The molecule has 2 aromatic rings. The average Bonchev–Trinajstić information content (AvgIpc) is 3.10. The van der Waals surface area contributed by atoms with Crippen molar-refractivity contribution < 1.29 is 9.32 Å². The van der Waals surface area contributed by atoms with E-state index in [1.54, 1.807) is 6.20 Å². The molecule has 0 aliphatic carbocycles. The minimum atomic E-state index is -0.0749. The number of carbonyl (C=O) groups is 1. The summed E-state index contributed by atoms with van der Waals surface area (Å²) in [5.41, 5.74) is 1.62. The zero-order valence-corrected chi connectivity index (χ0v) is 13.9. The van der Waals surface area contributed by atoms with E-state index in [2.05, 4.69) is 27.5 Å². The van der Waals surface area contributed by atoms with Crippen molar-refractivity contribution in [1.82, 2.24) is 19.8 Å². The van der Waals surface area contributed by atoms with Gasteiger partial charge in [-0.05, 0) is 46.8 Å². The van der Waals surface area contributed by atoms with E-state index in [9.17, 15) is 4.79 Å². The molecule has 1 amide bonds. The average molecular weight is 317 g/mol. The maximum absolute atomic E-state index is 12.3. The molecule has 1 aliphatic rings. The summed E-state index contributed by atoms with van der Waals surface area (Å²) in [7, 11) is 2.13. The largest absolute Gasteiger partial charge is 0.361 e. The Hall–Kier alpha value is -2.15. The van der Waals surface area contributed by atoms with Crippen molar-refractivity contribution in [2.45, 2.75) is 39.2 Å². The van der Waals surface area contributed by atoms with Crippen LogP contribution in [-0.4, -0.2) is 45.9 Å². The number of nitrogens with one attached hydrogen (secondary N) is 1. The molecular weight excluding hydrogens is 294 g/mol. The summed E-state index contributed by atoms with van der Waals surface area (Å²) in [5, 5.41) is 11.3. The number of aryl methyl sites for hydroxylation is 2. The maximum Gasteiger partial charge on any atom is 0.230 e. The Kier molecular flexibility index (Phi) is 4.47. The molecule has 1 aliphatic heterocycles. The molecule has 1 fully saturated rings. The fourth-order valence-corrected chi connectivity index (χ4v) is 3.05. The number of hydrogen-bond donors (Lipinski definition) is 1. The summed E-state index contributed by atoms with van der Waals surface area (Å²) in [4.78, 5) is 14.7. The van der Waals surface area contributed by atoms with Crippen LogP contribution in [0.15, 0.2) is 16.8 Å². The summed E-state index contributed by atoms with van der Waals surface area (Å²) >= 11 is 0. The third-order valence-electron chi connectivity index (χ3n) is 4.49. The molecule has 0 spiro atoms. The number of carbonyl (C=O) groups excluding carboxylic acids is 1. The highest BCUT2D eigenvalue weighted by Crippen LogP contribution is 2.25. The van der Waals surface area contributed by atoms with Gasteiger partial charge in [0, 0.05) is 11.6 Å². The zero-order chi connectivity index (χ0) is 16.4. The quantitative estimate of drug-likeness (QED) is 0.932. The van der Waals surface area contributed by atoms with E-state index in [1.807, 2.05) is 24.6 Å². The van der Waals surface area contributed by atoms with Gasteiger partial charge in [-0.2, -0.15) is 5.10 Å². The first-order valence-corrected chi connectivity index (χ1v) is 7.98. The van der Waals surface area contributed by atoms with Crippen molar-refractivity contribution in [3.8, 4) is 0 Å². The van der Waals surface area contributed by atoms with Gasteiger partial charge in [-0.15, -0.1) is 0 Å². The van der Waals surface area contributed by atoms with Crippen molar-refractivity contribution in [1.29, 1.82) is 0 Å². The Balaban J connectivity index is 1.67. The number of anilines is 1. The van der Waals surface area contributed by atoms with Gasteiger partial charge in [-0.25, -0.2) is 4.68 Å². The number of rotatable bonds is 4. The fourth-order valence-electron chi connectivity index (χ4n) is 3.05. The molecule has 0 bridgehead atoms. The van der Waals surface area contributed by atoms with Gasteiger partial charge in [0.1, 0.15) is 11.6 Å². The van der Waals surface area contributed by atoms with Gasteiger partial charge in [0.2, 0.25) is 5.91 Å². The molecule has 0 atom stereocenters. The summed E-state index contributed by atoms with van der Waals surface area (Å²) in [5.74, 6) is 1.38. The molecule has 1 N–H and O–H groups in total. The molecule has 7 heteroatoms. The minimum absolute atomic E-state index is 0.0749.